The van der Waals surface area contributed by atoms with Crippen molar-refractivity contribution < 1.29 is 0 Å². The third kappa shape index (κ3) is 1.73. The van der Waals surface area contributed by atoms with Crippen LogP contribution in [0.2, 0.25) is 0 Å². The van der Waals surface area contributed by atoms with Gasteiger partial charge in [0.2, 0.25) is 0 Å². The van der Waals surface area contributed by atoms with Gasteiger partial charge in [-0.3, -0.25) is 0 Å². The summed E-state index contributed by atoms with van der Waals surface area (Å²) in [6.07, 6.45) is 5.03. The van der Waals surface area contributed by atoms with Gasteiger partial charge < -0.3 is 5.73 Å². The lowest BCUT2D eigenvalue weighted by Crippen LogP contribution is -2.26. The molecule has 0 bridgehead atoms. The molecule has 2 N–H and O–H groups in total. The standard InChI is InChI=1S/C18H19N/c19-18(12-5-3-6-12)14-8-9-17-15(11-14)10-13-4-1-2-7-16(13)17/h1-2,4,7-9,11-12,18H,3,5-6,10,19H2/t18-/m1/s1. The smallest absolute Gasteiger partial charge is 0.0323 e. The van der Waals surface area contributed by atoms with Crippen LogP contribution in [0.4, 0.5) is 0 Å². The van der Waals surface area contributed by atoms with Crippen LogP contribution in [-0.2, 0) is 6.42 Å². The lowest BCUT2D eigenvalue weighted by atomic mass is 9.77. The number of rotatable bonds is 2. The second kappa shape index (κ2) is 4.21. The second-order valence-corrected chi connectivity index (χ2v) is 5.97. The fourth-order valence-corrected chi connectivity index (χ4v) is 3.44. The molecule has 1 atom stereocenters. The SMILES string of the molecule is N[C@@H](c1ccc2c(c1)Cc1ccccc1-2)C1CCC1. The van der Waals surface area contributed by atoms with Gasteiger partial charge in [-0.2, -0.15) is 0 Å². The molecule has 2 aliphatic rings. The molecule has 19 heavy (non-hydrogen) atoms. The first-order valence-electron chi connectivity index (χ1n) is 7.29. The van der Waals surface area contributed by atoms with Gasteiger partial charge in [-0.1, -0.05) is 48.9 Å². The summed E-state index contributed by atoms with van der Waals surface area (Å²) in [6, 6.07) is 15.8. The largest absolute Gasteiger partial charge is 0.324 e. The summed E-state index contributed by atoms with van der Waals surface area (Å²) in [7, 11) is 0. The zero-order valence-corrected chi connectivity index (χ0v) is 11.1. The predicted octanol–water partition coefficient (Wildman–Crippen LogP) is 4.06. The highest BCUT2D eigenvalue weighted by Crippen LogP contribution is 2.40. The maximum Gasteiger partial charge on any atom is 0.0323 e. The molecular weight excluding hydrogens is 230 g/mol. The van der Waals surface area contributed by atoms with Gasteiger partial charge in [0.05, 0.1) is 0 Å². The van der Waals surface area contributed by atoms with Crippen LogP contribution in [0.25, 0.3) is 11.1 Å². The Morgan fingerprint density at radius 1 is 0.947 bits per heavy atom. The molecule has 0 radical (unpaired) electrons. The fourth-order valence-electron chi connectivity index (χ4n) is 3.44. The lowest BCUT2D eigenvalue weighted by Gasteiger charge is -2.31. The molecule has 1 heteroatoms. The molecule has 1 fully saturated rings. The first-order valence-corrected chi connectivity index (χ1v) is 7.29. The molecule has 1 nitrogen and oxygen atoms in total. The van der Waals surface area contributed by atoms with Gasteiger partial charge in [0.15, 0.2) is 0 Å². The van der Waals surface area contributed by atoms with Gasteiger partial charge in [-0.15, -0.1) is 0 Å². The van der Waals surface area contributed by atoms with E-state index < -0.39 is 0 Å². The zero-order valence-electron chi connectivity index (χ0n) is 11.1. The molecule has 0 saturated heterocycles. The van der Waals surface area contributed by atoms with Crippen molar-refractivity contribution in [3.05, 3.63) is 59.2 Å². The van der Waals surface area contributed by atoms with E-state index >= 15 is 0 Å². The van der Waals surface area contributed by atoms with Crippen molar-refractivity contribution in [3.63, 3.8) is 0 Å². The Hall–Kier alpha value is -1.60. The fraction of sp³-hybridized carbons (Fsp3) is 0.333. The van der Waals surface area contributed by atoms with Gasteiger partial charge in [-0.25, -0.2) is 0 Å². The summed E-state index contributed by atoms with van der Waals surface area (Å²) < 4.78 is 0. The third-order valence-corrected chi connectivity index (χ3v) is 4.86. The molecule has 1 saturated carbocycles. The minimum absolute atomic E-state index is 0.239. The molecule has 0 heterocycles. The highest BCUT2D eigenvalue weighted by molar-refractivity contribution is 5.77. The van der Waals surface area contributed by atoms with Crippen molar-refractivity contribution in [2.75, 3.05) is 0 Å². The van der Waals surface area contributed by atoms with Crippen molar-refractivity contribution >= 4 is 0 Å². The highest BCUT2D eigenvalue weighted by atomic mass is 14.7. The Labute approximate surface area is 114 Å². The number of fused-ring (bicyclic) bond motifs is 3. The van der Waals surface area contributed by atoms with Gasteiger partial charge >= 0.3 is 0 Å². The Bertz CT molecular complexity index is 625. The van der Waals surface area contributed by atoms with E-state index in [1.54, 1.807) is 0 Å². The molecule has 96 valence electrons. The molecule has 0 aliphatic heterocycles. The van der Waals surface area contributed by atoms with Gasteiger partial charge in [0, 0.05) is 6.04 Å². The molecule has 2 aromatic rings. The number of nitrogens with two attached hydrogens (primary N) is 1. The van der Waals surface area contributed by atoms with E-state index in [0.717, 1.165) is 6.42 Å². The second-order valence-electron chi connectivity index (χ2n) is 5.97. The summed E-state index contributed by atoms with van der Waals surface area (Å²) in [5, 5.41) is 0. The Morgan fingerprint density at radius 2 is 1.74 bits per heavy atom. The van der Waals surface area contributed by atoms with E-state index in [1.807, 2.05) is 0 Å². The summed E-state index contributed by atoms with van der Waals surface area (Å²) in [6.45, 7) is 0. The normalized spacial score (nSPS) is 18.6. The number of benzene rings is 2. The highest BCUT2D eigenvalue weighted by Gasteiger charge is 2.26. The third-order valence-electron chi connectivity index (χ3n) is 4.86. The average Bonchev–Trinajstić information content (AvgIpc) is 2.74. The lowest BCUT2D eigenvalue weighted by molar-refractivity contribution is 0.264. The van der Waals surface area contributed by atoms with Crippen LogP contribution in [0.15, 0.2) is 42.5 Å². The van der Waals surface area contributed by atoms with Crippen LogP contribution in [0, 0.1) is 5.92 Å². The molecule has 0 amide bonds. The first kappa shape index (κ1) is 11.2. The zero-order chi connectivity index (χ0) is 12.8. The monoisotopic (exact) mass is 249 g/mol. The summed E-state index contributed by atoms with van der Waals surface area (Å²) in [5.74, 6) is 0.710. The topological polar surface area (TPSA) is 26.0 Å². The van der Waals surface area contributed by atoms with Crippen LogP contribution in [0.1, 0.15) is 42.0 Å². The maximum atomic E-state index is 6.40. The van der Waals surface area contributed by atoms with Crippen LogP contribution in [-0.4, -0.2) is 0 Å². The average molecular weight is 249 g/mol. The van der Waals surface area contributed by atoms with E-state index in [0.29, 0.717) is 5.92 Å². The van der Waals surface area contributed by atoms with E-state index in [-0.39, 0.29) is 6.04 Å². The molecular formula is C18H19N. The molecule has 2 aromatic carbocycles. The molecule has 0 aromatic heterocycles. The summed E-state index contributed by atoms with van der Waals surface area (Å²) in [5.41, 5.74) is 13.4. The van der Waals surface area contributed by atoms with E-state index in [9.17, 15) is 0 Å². The molecule has 4 rings (SSSR count). The Morgan fingerprint density at radius 3 is 2.53 bits per heavy atom. The van der Waals surface area contributed by atoms with Gasteiger partial charge in [0.1, 0.15) is 0 Å². The molecule has 2 aliphatic carbocycles. The molecule has 0 unspecified atom stereocenters. The first-order chi connectivity index (χ1) is 9.33. The van der Waals surface area contributed by atoms with Crippen LogP contribution >= 0.6 is 0 Å². The van der Waals surface area contributed by atoms with Crippen molar-refractivity contribution in [1.29, 1.82) is 0 Å². The van der Waals surface area contributed by atoms with Crippen molar-refractivity contribution in [2.24, 2.45) is 11.7 Å². The predicted molar refractivity (Wildman–Crippen MR) is 79.0 cm³/mol. The Kier molecular flexibility index (Phi) is 2.49. The number of hydrogen-bond donors (Lipinski definition) is 1. The van der Waals surface area contributed by atoms with Crippen LogP contribution in [0.3, 0.4) is 0 Å². The van der Waals surface area contributed by atoms with Crippen LogP contribution in [0.5, 0.6) is 0 Å². The van der Waals surface area contributed by atoms with E-state index in [4.69, 9.17) is 5.73 Å². The van der Waals surface area contributed by atoms with Crippen LogP contribution < -0.4 is 5.73 Å². The maximum absolute atomic E-state index is 6.40. The van der Waals surface area contributed by atoms with E-state index in [2.05, 4.69) is 42.5 Å². The van der Waals surface area contributed by atoms with Crippen molar-refractivity contribution in [1.82, 2.24) is 0 Å². The number of hydrogen-bond acceptors (Lipinski definition) is 1. The van der Waals surface area contributed by atoms with Gasteiger partial charge in [-0.05, 0) is 53.0 Å². The minimum Gasteiger partial charge on any atom is -0.324 e. The summed E-state index contributed by atoms with van der Waals surface area (Å²) >= 11 is 0. The summed E-state index contributed by atoms with van der Waals surface area (Å²) in [4.78, 5) is 0. The van der Waals surface area contributed by atoms with Gasteiger partial charge in [0.25, 0.3) is 0 Å². The quantitative estimate of drug-likeness (QED) is 0.728. The molecule has 0 spiro atoms. The Balaban J connectivity index is 1.71. The van der Waals surface area contributed by atoms with Crippen molar-refractivity contribution in [2.45, 2.75) is 31.7 Å². The van der Waals surface area contributed by atoms with E-state index in [1.165, 1.54) is 47.1 Å². The minimum atomic E-state index is 0.239. The van der Waals surface area contributed by atoms with Crippen molar-refractivity contribution in [3.8, 4) is 11.1 Å².